The maximum Gasteiger partial charge on any atom is 0.311 e. The quantitative estimate of drug-likeness (QED) is 0.300. The van der Waals surface area contributed by atoms with Gasteiger partial charge in [0.1, 0.15) is 5.02 Å². The predicted octanol–water partition coefficient (Wildman–Crippen LogP) is 4.58. The van der Waals surface area contributed by atoms with Crippen LogP contribution in [0.4, 0.5) is 0 Å². The highest BCUT2D eigenvalue weighted by Crippen LogP contribution is 2.31. The van der Waals surface area contributed by atoms with E-state index in [2.05, 4.69) is 0 Å². The number of halogens is 2. The van der Waals surface area contributed by atoms with Crippen LogP contribution >= 0.6 is 23.2 Å². The van der Waals surface area contributed by atoms with Crippen LogP contribution in [0.15, 0.2) is 30.4 Å². The minimum Gasteiger partial charge on any atom is -0.465 e. The van der Waals surface area contributed by atoms with Crippen molar-refractivity contribution >= 4 is 35.1 Å². The molecule has 0 unspecified atom stereocenters. The summed E-state index contributed by atoms with van der Waals surface area (Å²) >= 11 is 11.7. The fourth-order valence-corrected chi connectivity index (χ4v) is 1.87. The molecule has 0 atom stereocenters. The van der Waals surface area contributed by atoms with Crippen LogP contribution in [0.3, 0.4) is 0 Å². The normalized spacial score (nSPS) is 10.7. The van der Waals surface area contributed by atoms with Crippen molar-refractivity contribution in [1.29, 1.82) is 0 Å². The van der Waals surface area contributed by atoms with Crippen LogP contribution in [0.25, 0.3) is 0 Å². The van der Waals surface area contributed by atoms with Crippen molar-refractivity contribution in [1.82, 2.24) is 0 Å². The lowest BCUT2D eigenvalue weighted by atomic mass is 10.3. The third-order valence-corrected chi connectivity index (χ3v) is 3.42. The zero-order valence-electron chi connectivity index (χ0n) is 12.3. The first-order chi connectivity index (χ1) is 10.5. The van der Waals surface area contributed by atoms with Crippen LogP contribution in [0, 0.1) is 0 Å². The first kappa shape index (κ1) is 18.5. The number of ether oxygens (including phenoxy) is 2. The maximum atomic E-state index is 11.7. The van der Waals surface area contributed by atoms with E-state index in [4.69, 9.17) is 32.7 Å². The molecule has 1 aromatic rings. The molecular formula is C16H18Cl2O4. The Hall–Kier alpha value is -1.52. The van der Waals surface area contributed by atoms with Gasteiger partial charge in [-0.2, -0.15) is 0 Å². The summed E-state index contributed by atoms with van der Waals surface area (Å²) < 4.78 is 10.0. The summed E-state index contributed by atoms with van der Waals surface area (Å²) in [6, 6.07) is 4.74. The van der Waals surface area contributed by atoms with Crippen molar-refractivity contribution in [2.75, 3.05) is 6.61 Å². The molecule has 0 heterocycles. The molecule has 1 rings (SSSR count). The fourth-order valence-electron chi connectivity index (χ4n) is 1.54. The van der Waals surface area contributed by atoms with Gasteiger partial charge < -0.3 is 9.47 Å². The minimum atomic E-state index is -0.563. The molecular weight excluding hydrogens is 327 g/mol. The molecule has 120 valence electrons. The molecule has 0 fully saturated rings. The highest BCUT2D eigenvalue weighted by molar-refractivity contribution is 6.43. The third kappa shape index (κ3) is 6.96. The number of carbonyl (C=O) groups excluding carboxylic acids is 2. The smallest absolute Gasteiger partial charge is 0.311 e. The van der Waals surface area contributed by atoms with Crippen molar-refractivity contribution in [2.45, 2.75) is 32.6 Å². The zero-order valence-corrected chi connectivity index (χ0v) is 13.8. The van der Waals surface area contributed by atoms with Crippen LogP contribution in [0.1, 0.15) is 32.6 Å². The van der Waals surface area contributed by atoms with Crippen LogP contribution in [0.2, 0.25) is 10.0 Å². The molecule has 4 nitrogen and oxygen atoms in total. The van der Waals surface area contributed by atoms with Gasteiger partial charge in [0.2, 0.25) is 0 Å². The molecule has 0 aromatic heterocycles. The third-order valence-electron chi connectivity index (χ3n) is 2.62. The number of allylic oxidation sites excluding steroid dienone is 1. The summed E-state index contributed by atoms with van der Waals surface area (Å²) in [5, 5.41) is 0.467. The highest BCUT2D eigenvalue weighted by Gasteiger charge is 2.13. The second-order valence-electron chi connectivity index (χ2n) is 4.41. The van der Waals surface area contributed by atoms with E-state index >= 15 is 0 Å². The maximum absolute atomic E-state index is 11.7. The van der Waals surface area contributed by atoms with Crippen LogP contribution < -0.4 is 4.74 Å². The van der Waals surface area contributed by atoms with E-state index in [1.165, 1.54) is 6.07 Å². The first-order valence-corrected chi connectivity index (χ1v) is 7.75. The molecule has 6 heteroatoms. The summed E-state index contributed by atoms with van der Waals surface area (Å²) in [5.74, 6) is -0.816. The summed E-state index contributed by atoms with van der Waals surface area (Å²) in [7, 11) is 0. The van der Waals surface area contributed by atoms with E-state index in [0.717, 1.165) is 6.42 Å². The van der Waals surface area contributed by atoms with Crippen molar-refractivity contribution in [3.8, 4) is 5.75 Å². The van der Waals surface area contributed by atoms with E-state index < -0.39 is 11.9 Å². The van der Waals surface area contributed by atoms with E-state index in [-0.39, 0.29) is 23.6 Å². The lowest BCUT2D eigenvalue weighted by Gasteiger charge is -2.07. The van der Waals surface area contributed by atoms with Gasteiger partial charge in [-0.1, -0.05) is 48.3 Å². The number of carbonyl (C=O) groups is 2. The minimum absolute atomic E-state index is 0.0332. The Labute approximate surface area is 140 Å². The van der Waals surface area contributed by atoms with Crippen LogP contribution in [-0.2, 0) is 14.3 Å². The molecule has 0 N–H and O–H groups in total. The van der Waals surface area contributed by atoms with Crippen molar-refractivity contribution in [2.24, 2.45) is 0 Å². The van der Waals surface area contributed by atoms with Crippen molar-refractivity contribution < 1.29 is 19.1 Å². The Morgan fingerprint density at radius 2 is 1.86 bits per heavy atom. The SMILES string of the molecule is CC/C=C\CCOC(=O)CCC(=O)Oc1cccc(Cl)c1Cl. The molecule has 0 spiro atoms. The summed E-state index contributed by atoms with van der Waals surface area (Å²) in [5.41, 5.74) is 0. The highest BCUT2D eigenvalue weighted by atomic mass is 35.5. The number of esters is 2. The Kier molecular flexibility index (Phi) is 8.63. The molecule has 0 bridgehead atoms. The molecule has 0 aliphatic heterocycles. The lowest BCUT2D eigenvalue weighted by molar-refractivity contribution is -0.146. The van der Waals surface area contributed by atoms with E-state index in [1.54, 1.807) is 12.1 Å². The molecule has 0 aliphatic rings. The summed E-state index contributed by atoms with van der Waals surface area (Å²) in [4.78, 5) is 23.1. The van der Waals surface area contributed by atoms with E-state index in [1.807, 2.05) is 19.1 Å². The van der Waals surface area contributed by atoms with Gasteiger partial charge in [-0.05, 0) is 25.0 Å². The first-order valence-electron chi connectivity index (χ1n) is 7.00. The van der Waals surface area contributed by atoms with E-state index in [9.17, 15) is 9.59 Å². The van der Waals surface area contributed by atoms with Gasteiger partial charge in [0, 0.05) is 0 Å². The standard InChI is InChI=1S/C16H18Cl2O4/c1-2-3-4-5-11-21-14(19)9-10-15(20)22-13-8-6-7-12(17)16(13)18/h3-4,6-8H,2,5,9-11H2,1H3/b4-3-. The van der Waals surface area contributed by atoms with Gasteiger partial charge in [0.05, 0.1) is 24.5 Å². The molecule has 0 saturated heterocycles. The average molecular weight is 345 g/mol. The molecule has 1 aromatic carbocycles. The monoisotopic (exact) mass is 344 g/mol. The topological polar surface area (TPSA) is 52.6 Å². The predicted molar refractivity (Wildman–Crippen MR) is 86.3 cm³/mol. The Morgan fingerprint density at radius 3 is 2.59 bits per heavy atom. The molecule has 22 heavy (non-hydrogen) atoms. The van der Waals surface area contributed by atoms with Crippen molar-refractivity contribution in [3.05, 3.63) is 40.4 Å². The molecule has 0 amide bonds. The van der Waals surface area contributed by atoms with Gasteiger partial charge >= 0.3 is 11.9 Å². The van der Waals surface area contributed by atoms with Gasteiger partial charge in [-0.3, -0.25) is 9.59 Å². The van der Waals surface area contributed by atoms with Gasteiger partial charge in [0.15, 0.2) is 5.75 Å². The van der Waals surface area contributed by atoms with Gasteiger partial charge in [0.25, 0.3) is 0 Å². The fraction of sp³-hybridized carbons (Fsp3) is 0.375. The number of benzene rings is 1. The number of rotatable bonds is 8. The zero-order chi connectivity index (χ0) is 16.4. The Balaban J connectivity index is 2.29. The Bertz CT molecular complexity index is 541. The molecule has 0 radical (unpaired) electrons. The van der Waals surface area contributed by atoms with Crippen molar-refractivity contribution in [3.63, 3.8) is 0 Å². The second-order valence-corrected chi connectivity index (χ2v) is 5.20. The van der Waals surface area contributed by atoms with E-state index in [0.29, 0.717) is 18.1 Å². The van der Waals surface area contributed by atoms with Crippen LogP contribution in [0.5, 0.6) is 5.75 Å². The number of hydrogen-bond donors (Lipinski definition) is 0. The second kappa shape index (κ2) is 10.2. The average Bonchev–Trinajstić information content (AvgIpc) is 2.49. The lowest BCUT2D eigenvalue weighted by Crippen LogP contribution is -2.13. The van der Waals surface area contributed by atoms with Gasteiger partial charge in [-0.25, -0.2) is 0 Å². The molecule has 0 saturated carbocycles. The largest absolute Gasteiger partial charge is 0.465 e. The Morgan fingerprint density at radius 1 is 1.14 bits per heavy atom. The molecule has 0 aliphatic carbocycles. The van der Waals surface area contributed by atoms with Gasteiger partial charge in [-0.15, -0.1) is 0 Å². The summed E-state index contributed by atoms with van der Waals surface area (Å²) in [6.07, 6.45) is 5.46. The number of hydrogen-bond acceptors (Lipinski definition) is 4. The summed E-state index contributed by atoms with van der Waals surface area (Å²) in [6.45, 7) is 2.34. The van der Waals surface area contributed by atoms with Crippen LogP contribution in [-0.4, -0.2) is 18.5 Å².